The number of likely N-dealkylation sites (tertiary alicyclic amines) is 1. The first kappa shape index (κ1) is 26.4. The van der Waals surface area contributed by atoms with E-state index in [4.69, 9.17) is 4.74 Å². The molecule has 8 heteroatoms. The fourth-order valence-electron chi connectivity index (χ4n) is 7.24. The van der Waals surface area contributed by atoms with Crippen molar-refractivity contribution in [2.45, 2.75) is 69.7 Å². The smallest absolute Gasteiger partial charge is 0.250 e. The molecule has 5 rings (SSSR count). The van der Waals surface area contributed by atoms with Crippen LogP contribution in [0.25, 0.3) is 0 Å². The van der Waals surface area contributed by atoms with Crippen LogP contribution >= 0.6 is 0 Å². The van der Waals surface area contributed by atoms with E-state index < -0.39 is 35.1 Å². The van der Waals surface area contributed by atoms with Gasteiger partial charge < -0.3 is 25.4 Å². The van der Waals surface area contributed by atoms with E-state index in [1.807, 2.05) is 69.3 Å². The predicted molar refractivity (Wildman–Crippen MR) is 143 cm³/mol. The van der Waals surface area contributed by atoms with Gasteiger partial charge in [-0.2, -0.15) is 0 Å². The zero-order chi connectivity index (χ0) is 27.2. The van der Waals surface area contributed by atoms with Gasteiger partial charge in [0.05, 0.1) is 30.1 Å². The highest BCUT2D eigenvalue weighted by Gasteiger charge is 2.79. The summed E-state index contributed by atoms with van der Waals surface area (Å²) in [5, 5.41) is 16.4. The second kappa shape index (κ2) is 9.82. The lowest BCUT2D eigenvalue weighted by atomic mass is 9.65. The number of hydrogen-bond acceptors (Lipinski definition) is 5. The van der Waals surface area contributed by atoms with Crippen molar-refractivity contribution in [2.24, 2.45) is 11.8 Å². The summed E-state index contributed by atoms with van der Waals surface area (Å²) >= 11 is 0. The number of nitrogens with one attached hydrogen (secondary N) is 2. The highest BCUT2D eigenvalue weighted by atomic mass is 16.5. The number of rotatable bonds is 8. The molecule has 0 radical (unpaired) electrons. The molecule has 2 aromatic rings. The maximum Gasteiger partial charge on any atom is 0.250 e. The van der Waals surface area contributed by atoms with Gasteiger partial charge in [0.15, 0.2) is 0 Å². The third-order valence-corrected chi connectivity index (χ3v) is 9.04. The molecule has 0 aliphatic carbocycles. The first-order chi connectivity index (χ1) is 18.2. The monoisotopic (exact) mass is 519 g/mol. The highest BCUT2D eigenvalue weighted by molar-refractivity contribution is 6.04. The largest absolute Gasteiger partial charge is 0.394 e. The third kappa shape index (κ3) is 3.84. The third-order valence-electron chi connectivity index (χ3n) is 9.04. The van der Waals surface area contributed by atoms with Gasteiger partial charge in [0.1, 0.15) is 11.6 Å². The number of aryl methyl sites for hydroxylation is 2. The summed E-state index contributed by atoms with van der Waals surface area (Å²) in [6, 6.07) is 13.8. The number of carbonyl (C=O) groups is 3. The van der Waals surface area contributed by atoms with Crippen molar-refractivity contribution in [1.29, 1.82) is 0 Å². The Morgan fingerprint density at radius 2 is 1.76 bits per heavy atom. The van der Waals surface area contributed by atoms with E-state index in [0.717, 1.165) is 16.7 Å². The molecule has 3 N–H and O–H groups in total. The lowest BCUT2D eigenvalue weighted by Crippen LogP contribution is -2.57. The second-order valence-electron chi connectivity index (χ2n) is 11.0. The minimum Gasteiger partial charge on any atom is -0.394 e. The first-order valence-corrected chi connectivity index (χ1v) is 13.5. The normalized spacial score (nSPS) is 30.3. The van der Waals surface area contributed by atoms with Crippen LogP contribution in [0.3, 0.4) is 0 Å². The summed E-state index contributed by atoms with van der Waals surface area (Å²) in [5.74, 6) is -2.39. The second-order valence-corrected chi connectivity index (χ2v) is 11.0. The Morgan fingerprint density at radius 3 is 2.37 bits per heavy atom. The maximum atomic E-state index is 14.3. The van der Waals surface area contributed by atoms with E-state index >= 15 is 0 Å². The lowest BCUT2D eigenvalue weighted by molar-refractivity contribution is -0.149. The fraction of sp³-hybridized carbons (Fsp3) is 0.500. The van der Waals surface area contributed by atoms with Crippen LogP contribution in [0.4, 0.5) is 5.69 Å². The van der Waals surface area contributed by atoms with E-state index in [1.54, 1.807) is 7.05 Å². The summed E-state index contributed by atoms with van der Waals surface area (Å²) in [6.07, 6.45) is 2.03. The van der Waals surface area contributed by atoms with Crippen LogP contribution in [0.2, 0.25) is 0 Å². The average molecular weight is 520 g/mol. The van der Waals surface area contributed by atoms with Crippen molar-refractivity contribution in [3.05, 3.63) is 65.2 Å². The molecule has 202 valence electrons. The molecule has 2 bridgehead atoms. The summed E-state index contributed by atoms with van der Waals surface area (Å²) in [5.41, 5.74) is 1.54. The fourth-order valence-corrected chi connectivity index (χ4v) is 7.24. The molecule has 38 heavy (non-hydrogen) atoms. The van der Waals surface area contributed by atoms with Crippen LogP contribution in [0.5, 0.6) is 0 Å². The molecule has 3 amide bonds. The molecule has 3 saturated heterocycles. The Bertz CT molecular complexity index is 1230. The molecule has 1 spiro atoms. The van der Waals surface area contributed by atoms with Crippen molar-refractivity contribution >= 4 is 23.4 Å². The molecular formula is C30H37N3O5. The van der Waals surface area contributed by atoms with E-state index in [2.05, 4.69) is 10.6 Å². The van der Waals surface area contributed by atoms with Gasteiger partial charge in [-0.1, -0.05) is 55.5 Å². The van der Waals surface area contributed by atoms with Gasteiger partial charge >= 0.3 is 0 Å². The van der Waals surface area contributed by atoms with Crippen molar-refractivity contribution in [2.75, 3.05) is 19.0 Å². The molecule has 3 aliphatic heterocycles. The van der Waals surface area contributed by atoms with Gasteiger partial charge in [-0.05, 0) is 56.2 Å². The number of anilines is 1. The summed E-state index contributed by atoms with van der Waals surface area (Å²) in [4.78, 5) is 43.3. The van der Waals surface area contributed by atoms with E-state index in [9.17, 15) is 19.5 Å². The average Bonchev–Trinajstić information content (AvgIpc) is 3.53. The van der Waals surface area contributed by atoms with Crippen LogP contribution in [0.1, 0.15) is 42.9 Å². The number of aliphatic hydroxyl groups is 1. The number of aliphatic hydroxyl groups excluding tert-OH is 1. The summed E-state index contributed by atoms with van der Waals surface area (Å²) in [7, 11) is 1.57. The van der Waals surface area contributed by atoms with Crippen LogP contribution < -0.4 is 10.6 Å². The number of para-hydroxylation sites is 1. The summed E-state index contributed by atoms with van der Waals surface area (Å²) < 4.78 is 6.77. The number of carbonyl (C=O) groups excluding carboxylic acids is 3. The Hall–Kier alpha value is -3.23. The van der Waals surface area contributed by atoms with Crippen LogP contribution in [0.15, 0.2) is 48.5 Å². The number of benzene rings is 2. The molecule has 3 fully saturated rings. The number of nitrogens with zero attached hydrogens (tertiary/aromatic N) is 1. The minimum absolute atomic E-state index is 0.244. The van der Waals surface area contributed by atoms with Gasteiger partial charge in [-0.3, -0.25) is 14.4 Å². The molecule has 0 aromatic heterocycles. The molecule has 2 aromatic carbocycles. The minimum atomic E-state index is -1.14. The SMILES string of the molecule is CC[C@]12CCC3(O1)C(C(=O)Nc1c(C)cccc1C)N([C@@H](CO)Cc1ccccc1)C(=O)[C@@H]3[C@H]2C(=O)NC. The molecule has 0 saturated carbocycles. The van der Waals surface area contributed by atoms with Crippen LogP contribution in [-0.2, 0) is 25.5 Å². The molecule has 6 atom stereocenters. The molecule has 3 aliphatic rings. The topological polar surface area (TPSA) is 108 Å². The van der Waals surface area contributed by atoms with Crippen molar-refractivity contribution in [1.82, 2.24) is 10.2 Å². The number of hydrogen-bond donors (Lipinski definition) is 3. The highest BCUT2D eigenvalue weighted by Crippen LogP contribution is 2.64. The maximum absolute atomic E-state index is 14.3. The predicted octanol–water partition coefficient (Wildman–Crippen LogP) is 2.75. The Kier molecular flexibility index (Phi) is 6.82. The number of fused-ring (bicyclic) bond motifs is 1. The molecule has 3 heterocycles. The standard InChI is InChI=1S/C30H37N3O5/c1-5-29-14-15-30(38-29)23(22(29)26(35)31-4)28(37)33(21(17-34)16-20-12-7-6-8-13-20)25(30)27(36)32-24-18(2)10-9-11-19(24)3/h6-13,21-23,25,34H,5,14-17H2,1-4H3,(H,31,35)(H,32,36)/t21-,22+,23+,25?,29-,30?/m1/s1. The van der Waals surface area contributed by atoms with E-state index in [0.29, 0.717) is 31.4 Å². The lowest BCUT2D eigenvalue weighted by Gasteiger charge is -2.37. The summed E-state index contributed by atoms with van der Waals surface area (Å²) in [6.45, 7) is 5.51. The van der Waals surface area contributed by atoms with Crippen molar-refractivity contribution in [3.8, 4) is 0 Å². The zero-order valence-corrected chi connectivity index (χ0v) is 22.5. The van der Waals surface area contributed by atoms with Crippen molar-refractivity contribution in [3.63, 3.8) is 0 Å². The van der Waals surface area contributed by atoms with Gasteiger partial charge in [0.25, 0.3) is 0 Å². The van der Waals surface area contributed by atoms with Gasteiger partial charge in [0, 0.05) is 12.7 Å². The first-order valence-electron chi connectivity index (χ1n) is 13.5. The number of ether oxygens (including phenoxy) is 1. The van der Waals surface area contributed by atoms with E-state index in [1.165, 1.54) is 4.90 Å². The zero-order valence-electron chi connectivity index (χ0n) is 22.5. The van der Waals surface area contributed by atoms with Gasteiger partial charge in [-0.25, -0.2) is 0 Å². The Morgan fingerprint density at radius 1 is 1.08 bits per heavy atom. The quantitative estimate of drug-likeness (QED) is 0.497. The van der Waals surface area contributed by atoms with E-state index in [-0.39, 0.29) is 24.3 Å². The Labute approximate surface area is 223 Å². The molecule has 2 unspecified atom stereocenters. The van der Waals surface area contributed by atoms with Crippen LogP contribution in [-0.4, -0.2) is 64.7 Å². The number of amides is 3. The Balaban J connectivity index is 1.61. The van der Waals surface area contributed by atoms with Crippen molar-refractivity contribution < 1.29 is 24.2 Å². The van der Waals surface area contributed by atoms with Crippen LogP contribution in [0, 0.1) is 25.7 Å². The van der Waals surface area contributed by atoms with Gasteiger partial charge in [-0.15, -0.1) is 0 Å². The van der Waals surface area contributed by atoms with Gasteiger partial charge in [0.2, 0.25) is 17.7 Å². The molecular weight excluding hydrogens is 482 g/mol. The molecule has 8 nitrogen and oxygen atoms in total.